The molecule has 2 amide bonds. The van der Waals surface area contributed by atoms with E-state index in [9.17, 15) is 9.59 Å². The van der Waals surface area contributed by atoms with Crippen molar-refractivity contribution in [3.05, 3.63) is 47.5 Å². The van der Waals surface area contributed by atoms with Crippen molar-refractivity contribution in [3.63, 3.8) is 0 Å². The summed E-state index contributed by atoms with van der Waals surface area (Å²) >= 11 is 6.18. The highest BCUT2D eigenvalue weighted by atomic mass is 35.5. The van der Waals surface area contributed by atoms with Crippen LogP contribution in [0.5, 0.6) is 0 Å². The quantitative estimate of drug-likeness (QED) is 0.375. The average molecular weight is 611 g/mol. The second-order valence-electron chi connectivity index (χ2n) is 14.5. The van der Waals surface area contributed by atoms with Gasteiger partial charge in [-0.05, 0) is 108 Å². The zero-order valence-corrected chi connectivity index (χ0v) is 27.1. The molecule has 0 bridgehead atoms. The molecule has 1 aromatic heterocycles. The maximum atomic E-state index is 14.2. The third-order valence-electron chi connectivity index (χ3n) is 10.2. The number of hydrogen-bond donors (Lipinski definition) is 2. The predicted octanol–water partition coefficient (Wildman–Crippen LogP) is 5.80. The summed E-state index contributed by atoms with van der Waals surface area (Å²) in [4.78, 5) is 33.3. The highest BCUT2D eigenvalue weighted by Gasteiger charge is 2.44. The van der Waals surface area contributed by atoms with Crippen LogP contribution in [0.2, 0.25) is 5.02 Å². The second kappa shape index (κ2) is 14.1. The summed E-state index contributed by atoms with van der Waals surface area (Å²) in [6, 6.07) is 7.78. The molecule has 3 fully saturated rings. The van der Waals surface area contributed by atoms with E-state index in [1.165, 1.54) is 32.1 Å². The summed E-state index contributed by atoms with van der Waals surface area (Å²) < 4.78 is 2.01. The summed E-state index contributed by atoms with van der Waals surface area (Å²) in [5.41, 5.74) is 1.05. The van der Waals surface area contributed by atoms with E-state index in [1.807, 2.05) is 56.0 Å². The molecule has 43 heavy (non-hydrogen) atoms. The molecule has 0 radical (unpaired) electrons. The van der Waals surface area contributed by atoms with Crippen LogP contribution >= 0.6 is 11.6 Å². The summed E-state index contributed by atoms with van der Waals surface area (Å²) in [5, 5.41) is 12.1. The lowest BCUT2D eigenvalue weighted by atomic mass is 9.63. The number of halogens is 1. The van der Waals surface area contributed by atoms with E-state index in [-0.39, 0.29) is 40.8 Å². The van der Waals surface area contributed by atoms with Crippen molar-refractivity contribution >= 4 is 23.4 Å². The Balaban J connectivity index is 1.25. The Bertz CT molecular complexity index is 1170. The van der Waals surface area contributed by atoms with Crippen molar-refractivity contribution in [1.82, 2.24) is 30.3 Å². The number of nitrogens with one attached hydrogen (secondary N) is 2. The average Bonchev–Trinajstić information content (AvgIpc) is 3.51. The van der Waals surface area contributed by atoms with E-state index < -0.39 is 0 Å². The maximum absolute atomic E-state index is 14.2. The lowest BCUT2D eigenvalue weighted by molar-refractivity contribution is -0.137. The standard InChI is InChI=1S/C34H51ClN6O2/c1-33(2,3)39-31(42)26-11-15-29(16-12-26)38-30(21-25-9-13-28(35)14-10-25)32(43)40-19-17-34(18-20-40,22-41-24-36-23-37-41)27-7-5-4-6-8-27/h9-10,13-14,23-24,26-27,29-30,38H,4-8,11-12,15-22H2,1-3H3,(H,39,42)/t26-,29-,30-/m1/s1. The number of benzene rings is 1. The van der Waals surface area contributed by atoms with Crippen LogP contribution in [0.4, 0.5) is 0 Å². The van der Waals surface area contributed by atoms with Crippen molar-refractivity contribution in [3.8, 4) is 0 Å². The van der Waals surface area contributed by atoms with Crippen molar-refractivity contribution in [2.45, 2.75) is 122 Å². The zero-order chi connectivity index (χ0) is 30.5. The van der Waals surface area contributed by atoms with Gasteiger partial charge >= 0.3 is 0 Å². The van der Waals surface area contributed by atoms with E-state index in [0.29, 0.717) is 17.4 Å². The Hall–Kier alpha value is -2.45. The fourth-order valence-electron chi connectivity index (χ4n) is 7.79. The minimum absolute atomic E-state index is 0.0442. The molecular formula is C34H51ClN6O2. The number of likely N-dealkylation sites (tertiary alicyclic amines) is 1. The van der Waals surface area contributed by atoms with Gasteiger partial charge in [-0.25, -0.2) is 4.98 Å². The smallest absolute Gasteiger partial charge is 0.240 e. The first kappa shape index (κ1) is 32.0. The molecule has 2 heterocycles. The fourth-order valence-corrected chi connectivity index (χ4v) is 7.92. The molecule has 0 unspecified atom stereocenters. The third-order valence-corrected chi connectivity index (χ3v) is 10.4. The number of nitrogens with zero attached hydrogens (tertiary/aromatic N) is 4. The number of carbonyl (C=O) groups excluding carboxylic acids is 2. The Morgan fingerprint density at radius 2 is 1.67 bits per heavy atom. The molecule has 2 aliphatic carbocycles. The third kappa shape index (κ3) is 8.59. The molecule has 2 saturated carbocycles. The van der Waals surface area contributed by atoms with E-state index in [2.05, 4.69) is 25.6 Å². The monoisotopic (exact) mass is 610 g/mol. The van der Waals surface area contributed by atoms with Gasteiger partial charge in [-0.2, -0.15) is 5.10 Å². The largest absolute Gasteiger partial charge is 0.351 e. The van der Waals surface area contributed by atoms with E-state index in [1.54, 1.807) is 6.33 Å². The maximum Gasteiger partial charge on any atom is 0.240 e. The van der Waals surface area contributed by atoms with Crippen LogP contribution in [0.1, 0.15) is 97.0 Å². The molecular weight excluding hydrogens is 560 g/mol. The fraction of sp³-hybridized carbons (Fsp3) is 0.706. The molecule has 1 aliphatic heterocycles. The van der Waals surface area contributed by atoms with Gasteiger partial charge in [0.05, 0.1) is 6.04 Å². The van der Waals surface area contributed by atoms with Crippen molar-refractivity contribution in [2.75, 3.05) is 13.1 Å². The number of rotatable bonds is 9. The van der Waals surface area contributed by atoms with Crippen LogP contribution in [-0.2, 0) is 22.6 Å². The molecule has 1 saturated heterocycles. The SMILES string of the molecule is CC(C)(C)NC(=O)[C@H]1CC[C@H](N[C@H](Cc2ccc(Cl)cc2)C(=O)N2CCC(Cn3cncn3)(C3CCCCC3)CC2)CC1. The number of amides is 2. The Labute approximate surface area is 262 Å². The zero-order valence-electron chi connectivity index (χ0n) is 26.4. The normalized spacial score (nSPS) is 24.0. The van der Waals surface area contributed by atoms with Gasteiger partial charge in [-0.3, -0.25) is 14.3 Å². The lowest BCUT2D eigenvalue weighted by Crippen LogP contribution is -2.55. The summed E-state index contributed by atoms with van der Waals surface area (Å²) in [7, 11) is 0. The molecule has 3 aliphatic rings. The molecule has 1 aromatic carbocycles. The van der Waals surface area contributed by atoms with Gasteiger partial charge in [0.1, 0.15) is 12.7 Å². The summed E-state index contributed by atoms with van der Waals surface area (Å²) in [6.07, 6.45) is 16.1. The van der Waals surface area contributed by atoms with E-state index in [4.69, 9.17) is 11.6 Å². The van der Waals surface area contributed by atoms with Crippen molar-refractivity contribution < 1.29 is 9.59 Å². The first-order valence-electron chi connectivity index (χ1n) is 16.5. The van der Waals surface area contributed by atoms with Gasteiger partial charge < -0.3 is 15.5 Å². The van der Waals surface area contributed by atoms with Crippen LogP contribution in [0, 0.1) is 17.3 Å². The Morgan fingerprint density at radius 3 is 2.28 bits per heavy atom. The highest BCUT2D eigenvalue weighted by molar-refractivity contribution is 6.30. The Morgan fingerprint density at radius 1 is 1.00 bits per heavy atom. The highest BCUT2D eigenvalue weighted by Crippen LogP contribution is 2.47. The molecule has 8 nitrogen and oxygen atoms in total. The molecule has 2 N–H and O–H groups in total. The molecule has 5 rings (SSSR count). The topological polar surface area (TPSA) is 92.2 Å². The first-order valence-corrected chi connectivity index (χ1v) is 16.9. The molecule has 2 aromatic rings. The van der Waals surface area contributed by atoms with Gasteiger partial charge in [0.2, 0.25) is 11.8 Å². The molecule has 236 valence electrons. The number of hydrogen-bond acceptors (Lipinski definition) is 5. The number of carbonyl (C=O) groups is 2. The molecule has 1 atom stereocenters. The molecule has 9 heteroatoms. The van der Waals surface area contributed by atoms with Crippen LogP contribution in [0.3, 0.4) is 0 Å². The first-order chi connectivity index (χ1) is 20.6. The van der Waals surface area contributed by atoms with Gasteiger partial charge in [-0.1, -0.05) is 43.0 Å². The van der Waals surface area contributed by atoms with Gasteiger partial charge in [0.25, 0.3) is 0 Å². The van der Waals surface area contributed by atoms with Crippen molar-refractivity contribution in [2.24, 2.45) is 17.3 Å². The summed E-state index contributed by atoms with van der Waals surface area (Å²) in [6.45, 7) is 8.53. The van der Waals surface area contributed by atoms with Crippen LogP contribution < -0.4 is 10.6 Å². The number of aromatic nitrogens is 3. The second-order valence-corrected chi connectivity index (χ2v) is 14.9. The van der Waals surface area contributed by atoms with Gasteiger partial charge in [0.15, 0.2) is 0 Å². The predicted molar refractivity (Wildman–Crippen MR) is 171 cm³/mol. The Kier molecular flexibility index (Phi) is 10.5. The van der Waals surface area contributed by atoms with Gasteiger partial charge in [0, 0.05) is 42.2 Å². The van der Waals surface area contributed by atoms with E-state index in [0.717, 1.165) is 63.7 Å². The minimum Gasteiger partial charge on any atom is -0.351 e. The summed E-state index contributed by atoms with van der Waals surface area (Å²) in [5.74, 6) is 1.07. The van der Waals surface area contributed by atoms with Crippen LogP contribution in [-0.4, -0.2) is 62.2 Å². The minimum atomic E-state index is -0.302. The van der Waals surface area contributed by atoms with Gasteiger partial charge in [-0.15, -0.1) is 0 Å². The van der Waals surface area contributed by atoms with Crippen LogP contribution in [0.25, 0.3) is 0 Å². The van der Waals surface area contributed by atoms with Crippen molar-refractivity contribution in [1.29, 1.82) is 0 Å². The van der Waals surface area contributed by atoms with Crippen LogP contribution in [0.15, 0.2) is 36.9 Å². The van der Waals surface area contributed by atoms with E-state index >= 15 is 0 Å². The molecule has 0 spiro atoms. The number of piperidine rings is 1. The lowest BCUT2D eigenvalue weighted by Gasteiger charge is -2.48.